The average molecular weight is 286 g/mol. The molecule has 1 atom stereocenters. The zero-order valence-corrected chi connectivity index (χ0v) is 12.3. The van der Waals surface area contributed by atoms with E-state index in [1.54, 1.807) is 0 Å². The van der Waals surface area contributed by atoms with Crippen molar-refractivity contribution < 1.29 is 9.90 Å². The van der Waals surface area contributed by atoms with Gasteiger partial charge in [-0.15, -0.1) is 0 Å². The lowest BCUT2D eigenvalue weighted by Gasteiger charge is -2.17. The van der Waals surface area contributed by atoms with Gasteiger partial charge in [0.05, 0.1) is 12.6 Å². The minimum absolute atomic E-state index is 0.0743. The third kappa shape index (κ3) is 4.20. The first-order valence-corrected chi connectivity index (χ1v) is 7.35. The molecule has 2 rings (SSSR count). The number of carbonyl (C=O) groups excluding carboxylic acids is 1. The van der Waals surface area contributed by atoms with Gasteiger partial charge in [-0.25, -0.2) is 0 Å². The highest BCUT2D eigenvalue weighted by molar-refractivity contribution is 5.93. The predicted octanol–water partition coefficient (Wildman–Crippen LogP) is 2.23. The van der Waals surface area contributed by atoms with E-state index in [4.69, 9.17) is 0 Å². The number of nitrogens with zero attached hydrogens (tertiary/aromatic N) is 1. The Balaban J connectivity index is 2.01. The lowest BCUT2D eigenvalue weighted by atomic mass is 10.1. The third-order valence-electron chi connectivity index (χ3n) is 3.41. The second-order valence-electron chi connectivity index (χ2n) is 5.13. The first kappa shape index (κ1) is 15.3. The summed E-state index contributed by atoms with van der Waals surface area (Å²) in [6.07, 6.45) is 3.50. The number of nitrogens with one attached hydrogen (secondary N) is 1. The van der Waals surface area contributed by atoms with E-state index in [0.717, 1.165) is 18.5 Å². The summed E-state index contributed by atoms with van der Waals surface area (Å²) >= 11 is 0. The molecule has 0 aliphatic carbocycles. The maximum atomic E-state index is 12.3. The van der Waals surface area contributed by atoms with Crippen molar-refractivity contribution in [2.24, 2.45) is 0 Å². The number of aryl methyl sites for hydroxylation is 1. The fraction of sp³-hybridized carbons (Fsp3) is 0.353. The lowest BCUT2D eigenvalue weighted by molar-refractivity contribution is 0.0907. The largest absolute Gasteiger partial charge is 0.394 e. The van der Waals surface area contributed by atoms with Crippen molar-refractivity contribution >= 4 is 5.91 Å². The highest BCUT2D eigenvalue weighted by atomic mass is 16.3. The summed E-state index contributed by atoms with van der Waals surface area (Å²) in [6.45, 7) is 2.82. The molecule has 2 N–H and O–H groups in total. The average Bonchev–Trinajstić information content (AvgIpc) is 2.96. The van der Waals surface area contributed by atoms with Crippen LogP contribution in [0.3, 0.4) is 0 Å². The number of hydrogen-bond acceptors (Lipinski definition) is 2. The van der Waals surface area contributed by atoms with Crippen LogP contribution in [0.4, 0.5) is 0 Å². The maximum Gasteiger partial charge on any atom is 0.268 e. The molecule has 2 aromatic rings. The van der Waals surface area contributed by atoms with Crippen LogP contribution in [0.2, 0.25) is 0 Å². The minimum atomic E-state index is -0.273. The van der Waals surface area contributed by atoms with Gasteiger partial charge in [0.25, 0.3) is 5.91 Å². The summed E-state index contributed by atoms with van der Waals surface area (Å²) in [5, 5.41) is 12.4. The van der Waals surface area contributed by atoms with Crippen LogP contribution >= 0.6 is 0 Å². The summed E-state index contributed by atoms with van der Waals surface area (Å²) in [4.78, 5) is 12.3. The molecule has 0 aliphatic heterocycles. The van der Waals surface area contributed by atoms with E-state index < -0.39 is 0 Å². The number of benzene rings is 1. The molecule has 1 amide bonds. The van der Waals surface area contributed by atoms with Crippen molar-refractivity contribution in [1.82, 2.24) is 9.88 Å². The van der Waals surface area contributed by atoms with E-state index >= 15 is 0 Å². The van der Waals surface area contributed by atoms with Crippen molar-refractivity contribution in [2.45, 2.75) is 32.4 Å². The first-order chi connectivity index (χ1) is 10.2. The summed E-state index contributed by atoms with van der Waals surface area (Å²) in [5.41, 5.74) is 1.74. The summed E-state index contributed by atoms with van der Waals surface area (Å²) in [5.74, 6) is -0.136. The van der Waals surface area contributed by atoms with Crippen molar-refractivity contribution in [2.75, 3.05) is 6.61 Å². The van der Waals surface area contributed by atoms with Gasteiger partial charge >= 0.3 is 0 Å². The predicted molar refractivity (Wildman–Crippen MR) is 83.2 cm³/mol. The molecule has 0 saturated heterocycles. The second kappa shape index (κ2) is 7.64. The molecule has 1 aromatic heterocycles. The highest BCUT2D eigenvalue weighted by Crippen LogP contribution is 2.07. The molecule has 4 nitrogen and oxygen atoms in total. The van der Waals surface area contributed by atoms with E-state index in [-0.39, 0.29) is 18.6 Å². The highest BCUT2D eigenvalue weighted by Gasteiger charge is 2.16. The number of carbonyl (C=O) groups is 1. The normalized spacial score (nSPS) is 12.1. The van der Waals surface area contributed by atoms with Gasteiger partial charge in [0.15, 0.2) is 0 Å². The molecular weight excluding hydrogens is 264 g/mol. The summed E-state index contributed by atoms with van der Waals surface area (Å²) < 4.78 is 1.94. The van der Waals surface area contributed by atoms with Crippen molar-refractivity contribution in [3.8, 4) is 0 Å². The van der Waals surface area contributed by atoms with Crippen molar-refractivity contribution in [3.05, 3.63) is 59.9 Å². The number of amides is 1. The third-order valence-corrected chi connectivity index (χ3v) is 3.41. The maximum absolute atomic E-state index is 12.3. The van der Waals surface area contributed by atoms with Gasteiger partial charge in [-0.05, 0) is 30.5 Å². The van der Waals surface area contributed by atoms with Gasteiger partial charge in [0.1, 0.15) is 5.69 Å². The molecule has 112 valence electrons. The Morgan fingerprint density at radius 2 is 2.00 bits per heavy atom. The van der Waals surface area contributed by atoms with Gasteiger partial charge in [-0.1, -0.05) is 37.3 Å². The Morgan fingerprint density at radius 3 is 2.67 bits per heavy atom. The van der Waals surface area contributed by atoms with E-state index in [1.165, 1.54) is 0 Å². The van der Waals surface area contributed by atoms with E-state index in [9.17, 15) is 9.90 Å². The van der Waals surface area contributed by atoms with Crippen LogP contribution in [-0.2, 0) is 13.0 Å². The van der Waals surface area contributed by atoms with Gasteiger partial charge in [-0.3, -0.25) is 4.79 Å². The molecule has 0 saturated carbocycles. The van der Waals surface area contributed by atoms with E-state index in [2.05, 4.69) is 12.2 Å². The van der Waals surface area contributed by atoms with Gasteiger partial charge in [0, 0.05) is 12.7 Å². The standard InChI is InChI=1S/C17H22N2O2/c1-2-10-19-11-6-9-16(19)17(21)18-15(13-20)12-14-7-4-3-5-8-14/h3-9,11,15,20H,2,10,12-13H2,1H3,(H,18,21)/t15-/m0/s1. The molecule has 0 aliphatic rings. The van der Waals surface area contributed by atoms with Gasteiger partial charge in [-0.2, -0.15) is 0 Å². The van der Waals surface area contributed by atoms with Crippen LogP contribution in [0, 0.1) is 0 Å². The lowest BCUT2D eigenvalue weighted by Crippen LogP contribution is -2.39. The number of rotatable bonds is 7. The molecule has 1 aromatic carbocycles. The van der Waals surface area contributed by atoms with Crippen LogP contribution in [0.15, 0.2) is 48.7 Å². The van der Waals surface area contributed by atoms with Crippen LogP contribution < -0.4 is 5.32 Å². The Labute approximate surface area is 125 Å². The number of aromatic nitrogens is 1. The fourth-order valence-corrected chi connectivity index (χ4v) is 2.38. The van der Waals surface area contributed by atoms with Crippen molar-refractivity contribution in [1.29, 1.82) is 0 Å². The second-order valence-corrected chi connectivity index (χ2v) is 5.13. The van der Waals surface area contributed by atoms with Crippen LogP contribution in [-0.4, -0.2) is 28.2 Å². The first-order valence-electron chi connectivity index (χ1n) is 7.35. The molecule has 0 unspecified atom stereocenters. The number of aliphatic hydroxyl groups excluding tert-OH is 1. The monoisotopic (exact) mass is 286 g/mol. The molecular formula is C17H22N2O2. The van der Waals surface area contributed by atoms with Gasteiger partial charge in [0.2, 0.25) is 0 Å². The Kier molecular flexibility index (Phi) is 5.58. The topological polar surface area (TPSA) is 54.3 Å². The summed E-state index contributed by atoms with van der Waals surface area (Å²) in [7, 11) is 0. The van der Waals surface area contributed by atoms with Crippen LogP contribution in [0.5, 0.6) is 0 Å². The number of aliphatic hydroxyl groups is 1. The molecule has 1 heterocycles. The van der Waals surface area contributed by atoms with Crippen LogP contribution in [0.25, 0.3) is 0 Å². The SMILES string of the molecule is CCCn1cccc1C(=O)N[C@H](CO)Cc1ccccc1. The Hall–Kier alpha value is -2.07. The molecule has 21 heavy (non-hydrogen) atoms. The zero-order chi connectivity index (χ0) is 15.1. The molecule has 0 radical (unpaired) electrons. The van der Waals surface area contributed by atoms with E-state index in [0.29, 0.717) is 12.1 Å². The summed E-state index contributed by atoms with van der Waals surface area (Å²) in [6, 6.07) is 13.3. The number of hydrogen-bond donors (Lipinski definition) is 2. The molecule has 0 fully saturated rings. The molecule has 0 spiro atoms. The zero-order valence-electron chi connectivity index (χ0n) is 12.3. The Bertz CT molecular complexity index is 563. The van der Waals surface area contributed by atoms with E-state index in [1.807, 2.05) is 53.2 Å². The minimum Gasteiger partial charge on any atom is -0.394 e. The quantitative estimate of drug-likeness (QED) is 0.820. The molecule has 0 bridgehead atoms. The smallest absolute Gasteiger partial charge is 0.268 e. The fourth-order valence-electron chi connectivity index (χ4n) is 2.38. The van der Waals surface area contributed by atoms with Crippen LogP contribution in [0.1, 0.15) is 29.4 Å². The van der Waals surface area contributed by atoms with Gasteiger partial charge < -0.3 is 15.0 Å². The van der Waals surface area contributed by atoms with Crippen molar-refractivity contribution in [3.63, 3.8) is 0 Å². The molecule has 4 heteroatoms. The Morgan fingerprint density at radius 1 is 1.24 bits per heavy atom.